The number of fused-ring (bicyclic) bond motifs is 1. The molecule has 1 heterocycles. The molecule has 6 heteroatoms. The molecule has 5 nitrogen and oxygen atoms in total. The number of imidazole rings is 1. The molecule has 3 rings (SSSR count). The summed E-state index contributed by atoms with van der Waals surface area (Å²) in [7, 11) is 3.46. The molecule has 0 saturated heterocycles. The summed E-state index contributed by atoms with van der Waals surface area (Å²) in [6.07, 6.45) is 0. The lowest BCUT2D eigenvalue weighted by Gasteiger charge is -2.06. The predicted molar refractivity (Wildman–Crippen MR) is 99.6 cm³/mol. The van der Waals surface area contributed by atoms with E-state index in [9.17, 15) is 10.4 Å². The molecule has 0 atom stereocenters. The van der Waals surface area contributed by atoms with E-state index in [0.717, 1.165) is 21.7 Å². The van der Waals surface area contributed by atoms with E-state index in [4.69, 9.17) is 4.74 Å². The summed E-state index contributed by atoms with van der Waals surface area (Å²) in [4.78, 5) is 5.46. The van der Waals surface area contributed by atoms with E-state index < -0.39 is 0 Å². The molecular weight excluding hydrogens is 334 g/mol. The van der Waals surface area contributed by atoms with Gasteiger partial charge in [-0.2, -0.15) is 5.26 Å². The molecule has 0 bridgehead atoms. The van der Waals surface area contributed by atoms with Crippen molar-refractivity contribution in [3.63, 3.8) is 0 Å². The average Bonchev–Trinajstić information content (AvgIpc) is 2.98. The number of thioether (sulfide) groups is 1. The number of hydrogen-bond acceptors (Lipinski definition) is 5. The SMILES string of the molecule is COc1ccc(SC/C(O)=C(/C#N)c2nc3ccccc3n2C)cc1. The van der Waals surface area contributed by atoms with Crippen molar-refractivity contribution in [2.75, 3.05) is 12.9 Å². The van der Waals surface area contributed by atoms with Crippen LogP contribution in [0.5, 0.6) is 5.75 Å². The van der Waals surface area contributed by atoms with Gasteiger partial charge in [0.2, 0.25) is 0 Å². The Bertz CT molecular complexity index is 968. The van der Waals surface area contributed by atoms with Gasteiger partial charge >= 0.3 is 0 Å². The van der Waals surface area contributed by atoms with Crippen molar-refractivity contribution in [1.29, 1.82) is 5.26 Å². The van der Waals surface area contributed by atoms with Gasteiger partial charge in [0.15, 0.2) is 5.82 Å². The molecule has 0 amide bonds. The molecule has 0 fully saturated rings. The summed E-state index contributed by atoms with van der Waals surface area (Å²) in [5.74, 6) is 1.55. The van der Waals surface area contributed by atoms with E-state index >= 15 is 0 Å². The second-order valence-corrected chi connectivity index (χ2v) is 6.43. The minimum atomic E-state index is 0.0155. The van der Waals surface area contributed by atoms with Gasteiger partial charge in [0.25, 0.3) is 0 Å². The van der Waals surface area contributed by atoms with E-state index in [1.807, 2.05) is 60.1 Å². The first-order chi connectivity index (χ1) is 12.1. The topological polar surface area (TPSA) is 71.1 Å². The highest BCUT2D eigenvalue weighted by Crippen LogP contribution is 2.27. The summed E-state index contributed by atoms with van der Waals surface area (Å²) in [5.41, 5.74) is 1.91. The molecule has 1 N–H and O–H groups in total. The third-order valence-electron chi connectivity index (χ3n) is 3.85. The molecule has 0 aliphatic rings. The molecular formula is C19H17N3O2S. The first-order valence-corrected chi connectivity index (χ1v) is 8.63. The number of nitriles is 1. The quantitative estimate of drug-likeness (QED) is 0.424. The van der Waals surface area contributed by atoms with Crippen LogP contribution in [-0.2, 0) is 7.05 Å². The third-order valence-corrected chi connectivity index (χ3v) is 4.87. The van der Waals surface area contributed by atoms with Gasteiger partial charge in [-0.15, -0.1) is 11.8 Å². The summed E-state index contributed by atoms with van der Waals surface area (Å²) >= 11 is 1.45. The normalized spacial score (nSPS) is 11.9. The minimum absolute atomic E-state index is 0.0155. The monoisotopic (exact) mass is 351 g/mol. The summed E-state index contributed by atoms with van der Waals surface area (Å²) in [6.45, 7) is 0. The molecule has 1 aromatic heterocycles. The second-order valence-electron chi connectivity index (χ2n) is 5.38. The Morgan fingerprint density at radius 2 is 1.96 bits per heavy atom. The number of rotatable bonds is 5. The smallest absolute Gasteiger partial charge is 0.155 e. The van der Waals surface area contributed by atoms with Gasteiger partial charge in [-0.25, -0.2) is 4.98 Å². The van der Waals surface area contributed by atoms with Crippen LogP contribution in [0.1, 0.15) is 5.82 Å². The molecule has 2 aromatic carbocycles. The van der Waals surface area contributed by atoms with Gasteiger partial charge in [0.1, 0.15) is 23.2 Å². The molecule has 0 unspecified atom stereocenters. The lowest BCUT2D eigenvalue weighted by atomic mass is 10.2. The van der Waals surface area contributed by atoms with Crippen molar-refractivity contribution in [1.82, 2.24) is 9.55 Å². The number of benzene rings is 2. The van der Waals surface area contributed by atoms with E-state index in [1.165, 1.54) is 11.8 Å². The predicted octanol–water partition coefficient (Wildman–Crippen LogP) is 4.17. The summed E-state index contributed by atoms with van der Waals surface area (Å²) in [6, 6.07) is 17.3. The van der Waals surface area contributed by atoms with Crippen molar-refractivity contribution >= 4 is 28.4 Å². The van der Waals surface area contributed by atoms with E-state index in [0.29, 0.717) is 11.6 Å². The Kier molecular flexibility index (Phi) is 4.96. The standard InChI is InChI=1S/C19H17N3O2S/c1-22-17-6-4-3-5-16(17)21-19(22)15(11-20)18(23)12-25-14-9-7-13(24-2)8-10-14/h3-10,23H,12H2,1-2H3/b18-15+. The molecule has 0 radical (unpaired) electrons. The zero-order valence-corrected chi connectivity index (χ0v) is 14.7. The number of nitrogens with zero attached hydrogens (tertiary/aromatic N) is 3. The number of aryl methyl sites for hydroxylation is 1. The van der Waals surface area contributed by atoms with Crippen molar-refractivity contribution < 1.29 is 9.84 Å². The summed E-state index contributed by atoms with van der Waals surface area (Å²) < 4.78 is 6.95. The van der Waals surface area contributed by atoms with Gasteiger partial charge in [-0.05, 0) is 36.4 Å². The fourth-order valence-electron chi connectivity index (χ4n) is 2.51. The number of ether oxygens (including phenoxy) is 1. The second kappa shape index (κ2) is 7.32. The largest absolute Gasteiger partial charge is 0.510 e. The van der Waals surface area contributed by atoms with Crippen molar-refractivity contribution in [3.05, 3.63) is 60.1 Å². The highest BCUT2D eigenvalue weighted by molar-refractivity contribution is 7.99. The highest BCUT2D eigenvalue weighted by Gasteiger charge is 2.16. The molecule has 0 aliphatic carbocycles. The number of aliphatic hydroxyl groups is 1. The van der Waals surface area contributed by atoms with Crippen LogP contribution in [0.15, 0.2) is 59.2 Å². The van der Waals surface area contributed by atoms with Crippen LogP contribution < -0.4 is 4.74 Å². The Labute approximate surface area is 150 Å². The third kappa shape index (κ3) is 3.47. The molecule has 0 spiro atoms. The molecule has 126 valence electrons. The first kappa shape index (κ1) is 16.9. The maximum Gasteiger partial charge on any atom is 0.155 e. The van der Waals surface area contributed by atoms with Crippen LogP contribution >= 0.6 is 11.8 Å². The maximum absolute atomic E-state index is 10.4. The van der Waals surface area contributed by atoms with Crippen LogP contribution in [0.25, 0.3) is 16.6 Å². The zero-order chi connectivity index (χ0) is 17.8. The fraction of sp³-hybridized carbons (Fsp3) is 0.158. The fourth-order valence-corrected chi connectivity index (χ4v) is 3.28. The molecule has 0 saturated carbocycles. The molecule has 0 aliphatic heterocycles. The van der Waals surface area contributed by atoms with Crippen LogP contribution in [0.4, 0.5) is 0 Å². The minimum Gasteiger partial charge on any atom is -0.510 e. The lowest BCUT2D eigenvalue weighted by molar-refractivity contribution is 0.414. The van der Waals surface area contributed by atoms with Crippen molar-refractivity contribution in [2.24, 2.45) is 7.05 Å². The van der Waals surface area contributed by atoms with Gasteiger partial charge in [-0.3, -0.25) is 0 Å². The van der Waals surface area contributed by atoms with Crippen LogP contribution in [-0.4, -0.2) is 27.5 Å². The molecule has 25 heavy (non-hydrogen) atoms. The van der Waals surface area contributed by atoms with E-state index in [-0.39, 0.29) is 11.3 Å². The lowest BCUT2D eigenvalue weighted by Crippen LogP contribution is -2.00. The van der Waals surface area contributed by atoms with E-state index in [1.54, 1.807) is 7.11 Å². The Balaban J connectivity index is 1.86. The number of allylic oxidation sites excluding steroid dienone is 1. The number of hydrogen-bond donors (Lipinski definition) is 1. The number of methoxy groups -OCH3 is 1. The van der Waals surface area contributed by atoms with Crippen molar-refractivity contribution in [2.45, 2.75) is 4.90 Å². The Morgan fingerprint density at radius 3 is 2.60 bits per heavy atom. The van der Waals surface area contributed by atoms with Crippen molar-refractivity contribution in [3.8, 4) is 11.8 Å². The maximum atomic E-state index is 10.4. The van der Waals surface area contributed by atoms with Gasteiger partial charge in [-0.1, -0.05) is 12.1 Å². The average molecular weight is 351 g/mol. The number of aromatic nitrogens is 2. The highest BCUT2D eigenvalue weighted by atomic mass is 32.2. The van der Waals surface area contributed by atoms with Gasteiger partial charge in [0.05, 0.1) is 23.9 Å². The van der Waals surface area contributed by atoms with Crippen LogP contribution in [0, 0.1) is 11.3 Å². The Morgan fingerprint density at radius 1 is 1.24 bits per heavy atom. The Hall–Kier alpha value is -2.91. The van der Waals surface area contributed by atoms with E-state index in [2.05, 4.69) is 11.1 Å². The summed E-state index contributed by atoms with van der Waals surface area (Å²) in [5, 5.41) is 20.0. The molecule has 3 aromatic rings. The van der Waals surface area contributed by atoms with Crippen LogP contribution in [0.3, 0.4) is 0 Å². The number of para-hydroxylation sites is 2. The zero-order valence-electron chi connectivity index (χ0n) is 13.9. The van der Waals surface area contributed by atoms with Gasteiger partial charge < -0.3 is 14.4 Å². The number of aliphatic hydroxyl groups excluding tert-OH is 1. The van der Waals surface area contributed by atoms with Gasteiger partial charge in [0, 0.05) is 11.9 Å². The van der Waals surface area contributed by atoms with Crippen LogP contribution in [0.2, 0.25) is 0 Å². The first-order valence-electron chi connectivity index (χ1n) is 7.65.